The number of halogens is 2. The van der Waals surface area contributed by atoms with Crippen molar-refractivity contribution in [3.8, 4) is 0 Å². The number of hydrogen-bond donors (Lipinski definition) is 0. The lowest BCUT2D eigenvalue weighted by Gasteiger charge is -2.28. The summed E-state index contributed by atoms with van der Waals surface area (Å²) in [6, 6.07) is 3.09. The van der Waals surface area contributed by atoms with Gasteiger partial charge in [0.05, 0.1) is 5.38 Å². The van der Waals surface area contributed by atoms with Gasteiger partial charge in [0.2, 0.25) is 0 Å². The molecule has 0 aliphatic carbocycles. The van der Waals surface area contributed by atoms with E-state index in [1.54, 1.807) is 12.1 Å². The Kier molecular flexibility index (Phi) is 3.44. The van der Waals surface area contributed by atoms with E-state index >= 15 is 0 Å². The molecule has 0 fully saturated rings. The molecule has 1 aromatic rings. The van der Waals surface area contributed by atoms with Gasteiger partial charge in [0.15, 0.2) is 0 Å². The van der Waals surface area contributed by atoms with Crippen LogP contribution in [0, 0.1) is 25.1 Å². The second-order valence-electron chi connectivity index (χ2n) is 5.18. The van der Waals surface area contributed by atoms with E-state index in [0.717, 1.165) is 16.7 Å². The topological polar surface area (TPSA) is 0 Å². The molecule has 0 aromatic heterocycles. The van der Waals surface area contributed by atoms with Crippen LogP contribution in [0.15, 0.2) is 12.1 Å². The lowest BCUT2D eigenvalue weighted by atomic mass is 9.84. The molecule has 1 unspecified atom stereocenters. The van der Waals surface area contributed by atoms with Crippen molar-refractivity contribution in [3.63, 3.8) is 0 Å². The van der Waals surface area contributed by atoms with Crippen LogP contribution < -0.4 is 0 Å². The Morgan fingerprint density at radius 2 is 1.53 bits per heavy atom. The van der Waals surface area contributed by atoms with Gasteiger partial charge in [0, 0.05) is 0 Å². The van der Waals surface area contributed by atoms with Crippen LogP contribution in [0.4, 0.5) is 4.39 Å². The van der Waals surface area contributed by atoms with Gasteiger partial charge >= 0.3 is 0 Å². The zero-order valence-electron chi connectivity index (χ0n) is 9.99. The standard InChI is InChI=1S/C13H18ClF/c1-8-6-10(15)7-9(2)11(8)12(14)13(3,4)5/h6-7,12H,1-5H3. The molecule has 0 saturated heterocycles. The summed E-state index contributed by atoms with van der Waals surface area (Å²) in [4.78, 5) is 0. The zero-order chi connectivity index (χ0) is 11.8. The van der Waals surface area contributed by atoms with E-state index in [1.165, 1.54) is 0 Å². The first-order valence-corrected chi connectivity index (χ1v) is 5.58. The van der Waals surface area contributed by atoms with Crippen LogP contribution in [0.2, 0.25) is 0 Å². The van der Waals surface area contributed by atoms with Crippen molar-refractivity contribution in [2.75, 3.05) is 0 Å². The molecule has 0 nitrogen and oxygen atoms in total. The molecule has 1 rings (SSSR count). The molecule has 84 valence electrons. The largest absolute Gasteiger partial charge is 0.207 e. The molecule has 0 aliphatic heterocycles. The maximum absolute atomic E-state index is 13.1. The van der Waals surface area contributed by atoms with Gasteiger partial charge in [-0.15, -0.1) is 11.6 Å². The van der Waals surface area contributed by atoms with Gasteiger partial charge < -0.3 is 0 Å². The normalized spacial score (nSPS) is 14.1. The predicted molar refractivity (Wildman–Crippen MR) is 63.9 cm³/mol. The minimum atomic E-state index is -0.188. The van der Waals surface area contributed by atoms with Crippen molar-refractivity contribution in [2.45, 2.75) is 40.0 Å². The zero-order valence-corrected chi connectivity index (χ0v) is 10.7. The molecular weight excluding hydrogens is 211 g/mol. The molecule has 0 spiro atoms. The fourth-order valence-electron chi connectivity index (χ4n) is 1.75. The van der Waals surface area contributed by atoms with Gasteiger partial charge in [-0.2, -0.15) is 0 Å². The molecule has 1 atom stereocenters. The maximum atomic E-state index is 13.1. The number of alkyl halides is 1. The van der Waals surface area contributed by atoms with Crippen LogP contribution in [0.3, 0.4) is 0 Å². The van der Waals surface area contributed by atoms with Crippen molar-refractivity contribution in [2.24, 2.45) is 5.41 Å². The molecular formula is C13H18ClF. The van der Waals surface area contributed by atoms with Crippen LogP contribution in [0.5, 0.6) is 0 Å². The Bertz CT molecular complexity index is 340. The summed E-state index contributed by atoms with van der Waals surface area (Å²) >= 11 is 6.42. The molecule has 0 heterocycles. The highest BCUT2D eigenvalue weighted by Gasteiger charge is 2.26. The Morgan fingerprint density at radius 1 is 1.13 bits per heavy atom. The van der Waals surface area contributed by atoms with Crippen LogP contribution >= 0.6 is 11.6 Å². The minimum Gasteiger partial charge on any atom is -0.207 e. The van der Waals surface area contributed by atoms with Gasteiger partial charge in [-0.25, -0.2) is 4.39 Å². The van der Waals surface area contributed by atoms with Crippen LogP contribution in [0.1, 0.15) is 42.8 Å². The molecule has 0 amide bonds. The van der Waals surface area contributed by atoms with Crippen LogP contribution in [-0.2, 0) is 0 Å². The van der Waals surface area contributed by atoms with Crippen molar-refractivity contribution >= 4 is 11.6 Å². The molecule has 0 aliphatic rings. The highest BCUT2D eigenvalue weighted by atomic mass is 35.5. The summed E-state index contributed by atoms with van der Waals surface area (Å²) in [5.74, 6) is -0.188. The smallest absolute Gasteiger partial charge is 0.123 e. The third kappa shape index (κ3) is 2.72. The minimum absolute atomic E-state index is 0.0189. The summed E-state index contributed by atoms with van der Waals surface area (Å²) < 4.78 is 13.1. The van der Waals surface area contributed by atoms with Crippen molar-refractivity contribution in [1.82, 2.24) is 0 Å². The lowest BCUT2D eigenvalue weighted by Crippen LogP contribution is -2.15. The number of hydrogen-bond acceptors (Lipinski definition) is 0. The quantitative estimate of drug-likeness (QED) is 0.608. The summed E-state index contributed by atoms with van der Waals surface area (Å²) in [6.45, 7) is 10.1. The second-order valence-corrected chi connectivity index (χ2v) is 5.62. The Balaban J connectivity index is 3.26. The lowest BCUT2D eigenvalue weighted by molar-refractivity contribution is 0.393. The summed E-state index contributed by atoms with van der Waals surface area (Å²) in [6.07, 6.45) is 0. The van der Waals surface area contributed by atoms with E-state index in [1.807, 2.05) is 13.8 Å². The van der Waals surface area contributed by atoms with Gasteiger partial charge in [0.25, 0.3) is 0 Å². The number of benzene rings is 1. The van der Waals surface area contributed by atoms with Crippen LogP contribution in [-0.4, -0.2) is 0 Å². The van der Waals surface area contributed by atoms with Gasteiger partial charge in [-0.3, -0.25) is 0 Å². The first-order valence-electron chi connectivity index (χ1n) is 5.14. The first kappa shape index (κ1) is 12.5. The van der Waals surface area contributed by atoms with E-state index in [2.05, 4.69) is 20.8 Å². The monoisotopic (exact) mass is 228 g/mol. The SMILES string of the molecule is Cc1cc(F)cc(C)c1C(Cl)C(C)(C)C. The average Bonchev–Trinajstić information content (AvgIpc) is 1.99. The summed E-state index contributed by atoms with van der Waals surface area (Å²) in [5, 5.41) is -0.0851. The summed E-state index contributed by atoms with van der Waals surface area (Å²) in [5.41, 5.74) is 2.91. The highest BCUT2D eigenvalue weighted by Crippen LogP contribution is 2.41. The first-order chi connectivity index (χ1) is 6.73. The fraction of sp³-hybridized carbons (Fsp3) is 0.538. The molecule has 0 bridgehead atoms. The van der Waals surface area contributed by atoms with Gasteiger partial charge in [-0.05, 0) is 48.1 Å². The van der Waals surface area contributed by atoms with Gasteiger partial charge in [0.1, 0.15) is 5.82 Å². The summed E-state index contributed by atoms with van der Waals surface area (Å²) in [7, 11) is 0. The Labute approximate surface area is 96.5 Å². The molecule has 1 aromatic carbocycles. The third-order valence-corrected chi connectivity index (χ3v) is 3.45. The highest BCUT2D eigenvalue weighted by molar-refractivity contribution is 6.21. The van der Waals surface area contributed by atoms with Crippen molar-refractivity contribution < 1.29 is 4.39 Å². The number of aryl methyl sites for hydroxylation is 2. The average molecular weight is 229 g/mol. The van der Waals surface area contributed by atoms with E-state index in [9.17, 15) is 4.39 Å². The molecule has 15 heavy (non-hydrogen) atoms. The molecule has 0 saturated carbocycles. The maximum Gasteiger partial charge on any atom is 0.123 e. The van der Waals surface area contributed by atoms with Gasteiger partial charge in [-0.1, -0.05) is 20.8 Å². The Hall–Kier alpha value is -0.560. The predicted octanol–water partition coefficient (Wildman–Crippen LogP) is 4.77. The van der Waals surface area contributed by atoms with E-state index in [0.29, 0.717) is 0 Å². The fourth-order valence-corrected chi connectivity index (χ4v) is 2.10. The van der Waals surface area contributed by atoms with Crippen LogP contribution in [0.25, 0.3) is 0 Å². The Morgan fingerprint density at radius 3 is 1.87 bits per heavy atom. The molecule has 0 N–H and O–H groups in total. The molecule has 0 radical (unpaired) electrons. The van der Waals surface area contributed by atoms with E-state index in [4.69, 9.17) is 11.6 Å². The number of rotatable bonds is 1. The second kappa shape index (κ2) is 4.13. The van der Waals surface area contributed by atoms with E-state index < -0.39 is 0 Å². The third-order valence-electron chi connectivity index (χ3n) is 2.57. The van der Waals surface area contributed by atoms with Crippen molar-refractivity contribution in [1.29, 1.82) is 0 Å². The van der Waals surface area contributed by atoms with E-state index in [-0.39, 0.29) is 16.6 Å². The van der Waals surface area contributed by atoms with Crippen molar-refractivity contribution in [3.05, 3.63) is 34.6 Å². The molecule has 2 heteroatoms.